The molecule has 0 aliphatic carbocycles. The van der Waals surface area contributed by atoms with E-state index in [1.807, 2.05) is 0 Å². The third-order valence-corrected chi connectivity index (χ3v) is 3.37. The van der Waals surface area contributed by atoms with E-state index in [0.29, 0.717) is 11.6 Å². The molecule has 2 aromatic carbocycles. The molecule has 1 N–H and O–H groups in total. The highest BCUT2D eigenvalue weighted by Crippen LogP contribution is 2.17. The first-order valence-corrected chi connectivity index (χ1v) is 7.21. The fourth-order valence-corrected chi connectivity index (χ4v) is 2.17. The first-order valence-electron chi connectivity index (χ1n) is 7.21. The van der Waals surface area contributed by atoms with Crippen LogP contribution in [0.1, 0.15) is 34.1 Å². The minimum Gasteiger partial charge on any atom is -0.349 e. The molecular formula is C17H15FN2O4. The number of nitro benzene ring substituents is 1. The number of carbonyl (C=O) groups excluding carboxylic acids is 2. The van der Waals surface area contributed by atoms with Gasteiger partial charge < -0.3 is 5.32 Å². The number of amides is 1. The number of rotatable bonds is 6. The second-order valence-corrected chi connectivity index (χ2v) is 5.29. The van der Waals surface area contributed by atoms with E-state index >= 15 is 0 Å². The van der Waals surface area contributed by atoms with Crippen molar-refractivity contribution < 1.29 is 18.9 Å². The maximum Gasteiger partial charge on any atom is 0.272 e. The van der Waals surface area contributed by atoms with Gasteiger partial charge >= 0.3 is 0 Å². The number of halogens is 1. The van der Waals surface area contributed by atoms with Gasteiger partial charge in [0.2, 0.25) is 0 Å². The van der Waals surface area contributed by atoms with Gasteiger partial charge in [-0.05, 0) is 13.0 Å². The van der Waals surface area contributed by atoms with Crippen molar-refractivity contribution in [3.8, 4) is 0 Å². The molecule has 0 heterocycles. The summed E-state index contributed by atoms with van der Waals surface area (Å²) in [5, 5.41) is 13.1. The van der Waals surface area contributed by atoms with Crippen molar-refractivity contribution in [1.29, 1.82) is 0 Å². The molecule has 1 amide bonds. The maximum atomic E-state index is 13.8. The van der Waals surface area contributed by atoms with Crippen LogP contribution in [0.5, 0.6) is 0 Å². The van der Waals surface area contributed by atoms with Crippen molar-refractivity contribution in [2.75, 3.05) is 0 Å². The number of nitrogens with zero attached hydrogens (tertiary/aromatic N) is 1. The summed E-state index contributed by atoms with van der Waals surface area (Å²) in [7, 11) is 0. The number of benzene rings is 2. The molecular weight excluding hydrogens is 315 g/mol. The van der Waals surface area contributed by atoms with Gasteiger partial charge in [0.05, 0.1) is 16.6 Å². The molecule has 1 unspecified atom stereocenters. The Morgan fingerprint density at radius 1 is 1.21 bits per heavy atom. The summed E-state index contributed by atoms with van der Waals surface area (Å²) in [6.07, 6.45) is 0.0599. The highest BCUT2D eigenvalue weighted by atomic mass is 19.1. The van der Waals surface area contributed by atoms with Crippen molar-refractivity contribution in [3.63, 3.8) is 0 Å². The van der Waals surface area contributed by atoms with Gasteiger partial charge in [0.15, 0.2) is 5.78 Å². The van der Waals surface area contributed by atoms with Gasteiger partial charge in [0, 0.05) is 24.1 Å². The van der Waals surface area contributed by atoms with Gasteiger partial charge in [0.25, 0.3) is 11.6 Å². The Kier molecular flexibility index (Phi) is 5.36. The van der Waals surface area contributed by atoms with E-state index in [4.69, 9.17) is 0 Å². The highest BCUT2D eigenvalue weighted by Gasteiger charge is 2.19. The van der Waals surface area contributed by atoms with Crippen LogP contribution in [0.15, 0.2) is 48.5 Å². The van der Waals surface area contributed by atoms with Crippen LogP contribution in [-0.4, -0.2) is 22.7 Å². The van der Waals surface area contributed by atoms with Gasteiger partial charge in [-0.3, -0.25) is 19.7 Å². The smallest absolute Gasteiger partial charge is 0.272 e. The second kappa shape index (κ2) is 7.45. The lowest BCUT2D eigenvalue weighted by Gasteiger charge is -2.13. The van der Waals surface area contributed by atoms with Crippen molar-refractivity contribution in [3.05, 3.63) is 75.6 Å². The Balaban J connectivity index is 2.01. The Morgan fingerprint density at radius 3 is 2.46 bits per heavy atom. The lowest BCUT2D eigenvalue weighted by molar-refractivity contribution is -0.385. The van der Waals surface area contributed by atoms with Crippen molar-refractivity contribution in [2.24, 2.45) is 0 Å². The third kappa shape index (κ3) is 4.22. The Hall–Kier alpha value is -3.09. The minimum absolute atomic E-state index is 0.0599. The minimum atomic E-state index is -0.983. The van der Waals surface area contributed by atoms with E-state index in [2.05, 4.69) is 5.32 Å². The lowest BCUT2D eigenvalue weighted by atomic mass is 10.0. The van der Waals surface area contributed by atoms with Crippen LogP contribution in [-0.2, 0) is 0 Å². The van der Waals surface area contributed by atoms with E-state index in [0.717, 1.165) is 12.1 Å². The Morgan fingerprint density at radius 2 is 1.88 bits per heavy atom. The fourth-order valence-electron chi connectivity index (χ4n) is 2.17. The largest absolute Gasteiger partial charge is 0.349 e. The van der Waals surface area contributed by atoms with Crippen LogP contribution in [0.25, 0.3) is 0 Å². The molecule has 6 nitrogen and oxygen atoms in total. The number of nitrogens with one attached hydrogen (secondary N) is 1. The number of carbonyl (C=O) groups is 2. The number of ketones is 1. The molecule has 0 saturated carbocycles. The summed E-state index contributed by atoms with van der Waals surface area (Å²) >= 11 is 0. The molecule has 24 heavy (non-hydrogen) atoms. The van der Waals surface area contributed by atoms with Gasteiger partial charge in [-0.25, -0.2) is 4.39 Å². The van der Waals surface area contributed by atoms with E-state index in [9.17, 15) is 24.1 Å². The number of nitro groups is 1. The molecule has 0 fully saturated rings. The number of Topliss-reactive ketones (excluding diaryl/α,β-unsaturated/α-hetero) is 1. The topological polar surface area (TPSA) is 89.3 Å². The highest BCUT2D eigenvalue weighted by molar-refractivity contribution is 5.98. The standard InChI is InChI=1S/C17H15FN2O4/c1-11(9-16(21)12-5-3-2-4-6-12)19-17(22)14-8-7-13(20(23)24)10-15(14)18/h2-8,10-11H,9H2,1H3,(H,19,22). The molecule has 0 spiro atoms. The molecule has 7 heteroatoms. The van der Waals surface area contributed by atoms with Gasteiger partial charge in [-0.1, -0.05) is 30.3 Å². The Bertz CT molecular complexity index is 777. The Labute approximate surface area is 137 Å². The number of hydrogen-bond donors (Lipinski definition) is 1. The van der Waals surface area contributed by atoms with Crippen LogP contribution in [0.2, 0.25) is 0 Å². The monoisotopic (exact) mass is 330 g/mol. The maximum absolute atomic E-state index is 13.8. The zero-order chi connectivity index (χ0) is 17.7. The van der Waals surface area contributed by atoms with Crippen LogP contribution >= 0.6 is 0 Å². The predicted octanol–water partition coefficient (Wildman–Crippen LogP) is 3.13. The number of non-ortho nitro benzene ring substituents is 1. The third-order valence-electron chi connectivity index (χ3n) is 3.37. The lowest BCUT2D eigenvalue weighted by Crippen LogP contribution is -2.34. The molecule has 0 bridgehead atoms. The summed E-state index contributed by atoms with van der Waals surface area (Å²) in [5.41, 5.74) is -0.212. The summed E-state index contributed by atoms with van der Waals surface area (Å²) < 4.78 is 13.8. The SMILES string of the molecule is CC(CC(=O)c1ccccc1)NC(=O)c1ccc([N+](=O)[O-])cc1F. The average Bonchev–Trinajstić information content (AvgIpc) is 2.55. The zero-order valence-electron chi connectivity index (χ0n) is 12.9. The molecule has 124 valence electrons. The molecule has 2 rings (SSSR count). The summed E-state index contributed by atoms with van der Waals surface area (Å²) in [6.45, 7) is 1.63. The first-order chi connectivity index (χ1) is 11.4. The van der Waals surface area contributed by atoms with Crippen molar-refractivity contribution in [2.45, 2.75) is 19.4 Å². The average molecular weight is 330 g/mol. The second-order valence-electron chi connectivity index (χ2n) is 5.29. The zero-order valence-corrected chi connectivity index (χ0v) is 12.9. The van der Waals surface area contributed by atoms with E-state index in [-0.39, 0.29) is 17.8 Å². The van der Waals surface area contributed by atoms with Gasteiger partial charge in [0.1, 0.15) is 5.82 Å². The van der Waals surface area contributed by atoms with E-state index in [1.54, 1.807) is 37.3 Å². The van der Waals surface area contributed by atoms with Crippen LogP contribution in [0.4, 0.5) is 10.1 Å². The van der Waals surface area contributed by atoms with E-state index < -0.39 is 28.4 Å². The molecule has 0 aliphatic heterocycles. The van der Waals surface area contributed by atoms with Crippen LogP contribution < -0.4 is 5.32 Å². The summed E-state index contributed by atoms with van der Waals surface area (Å²) in [5.74, 6) is -1.85. The van der Waals surface area contributed by atoms with Crippen LogP contribution in [0.3, 0.4) is 0 Å². The van der Waals surface area contributed by atoms with Crippen LogP contribution in [0, 0.1) is 15.9 Å². The normalized spacial score (nSPS) is 11.6. The molecule has 1 atom stereocenters. The molecule has 0 saturated heterocycles. The van der Waals surface area contributed by atoms with Crippen molar-refractivity contribution in [1.82, 2.24) is 5.32 Å². The van der Waals surface area contributed by atoms with Gasteiger partial charge in [-0.2, -0.15) is 0 Å². The summed E-state index contributed by atoms with van der Waals surface area (Å²) in [4.78, 5) is 33.9. The van der Waals surface area contributed by atoms with E-state index in [1.165, 1.54) is 0 Å². The van der Waals surface area contributed by atoms with Gasteiger partial charge in [-0.15, -0.1) is 0 Å². The van der Waals surface area contributed by atoms with Crippen molar-refractivity contribution >= 4 is 17.4 Å². The predicted molar refractivity (Wildman–Crippen MR) is 85.4 cm³/mol. The quantitative estimate of drug-likeness (QED) is 0.500. The molecule has 0 radical (unpaired) electrons. The fraction of sp³-hybridized carbons (Fsp3) is 0.176. The molecule has 0 aliphatic rings. The number of hydrogen-bond acceptors (Lipinski definition) is 4. The summed E-state index contributed by atoms with van der Waals surface area (Å²) in [6, 6.07) is 10.9. The molecule has 0 aromatic heterocycles. The first kappa shape index (κ1) is 17.3. The molecule has 2 aromatic rings.